The molecule has 0 atom stereocenters. The number of hydrogen-bond donors (Lipinski definition) is 0. The van der Waals surface area contributed by atoms with Crippen molar-refractivity contribution in [1.29, 1.82) is 0 Å². The zero-order valence-corrected chi connectivity index (χ0v) is 9.74. The molecule has 1 heterocycles. The van der Waals surface area contributed by atoms with E-state index >= 15 is 0 Å². The Kier molecular flexibility index (Phi) is 3.10. The van der Waals surface area contributed by atoms with Crippen molar-refractivity contribution < 1.29 is 13.2 Å². The van der Waals surface area contributed by atoms with Gasteiger partial charge in [-0.1, -0.05) is 24.3 Å². The standard InChI is InChI=1S/C12H14O3S/c13-9-11-3-1-2-4-12(11)10-5-7-16(14,15)8-6-10/h1-4,9-10H,5-8H2. The molecule has 0 aliphatic carbocycles. The monoisotopic (exact) mass is 238 g/mol. The summed E-state index contributed by atoms with van der Waals surface area (Å²) in [6.07, 6.45) is 2.11. The molecule has 0 spiro atoms. The van der Waals surface area contributed by atoms with Gasteiger partial charge in [0.15, 0.2) is 0 Å². The molecule has 1 aliphatic rings. The molecule has 0 aromatic heterocycles. The van der Waals surface area contributed by atoms with E-state index in [1.165, 1.54) is 0 Å². The fraction of sp³-hybridized carbons (Fsp3) is 0.417. The van der Waals surface area contributed by atoms with Crippen molar-refractivity contribution in [3.05, 3.63) is 35.4 Å². The highest BCUT2D eigenvalue weighted by Gasteiger charge is 2.25. The number of carbonyl (C=O) groups is 1. The maximum absolute atomic E-state index is 11.3. The van der Waals surface area contributed by atoms with Gasteiger partial charge in [-0.2, -0.15) is 0 Å². The second kappa shape index (κ2) is 4.37. The molecule has 1 saturated heterocycles. The Hall–Kier alpha value is -1.16. The Balaban J connectivity index is 2.23. The maximum Gasteiger partial charge on any atom is 0.150 e. The first-order valence-corrected chi connectivity index (χ1v) is 7.19. The van der Waals surface area contributed by atoms with Crippen molar-refractivity contribution in [2.45, 2.75) is 18.8 Å². The van der Waals surface area contributed by atoms with Gasteiger partial charge in [0.2, 0.25) is 0 Å². The zero-order valence-electron chi connectivity index (χ0n) is 8.93. The summed E-state index contributed by atoms with van der Waals surface area (Å²) >= 11 is 0. The van der Waals surface area contributed by atoms with Gasteiger partial charge in [-0.15, -0.1) is 0 Å². The van der Waals surface area contributed by atoms with Crippen LogP contribution < -0.4 is 0 Å². The number of aldehydes is 1. The predicted octanol–water partition coefficient (Wildman–Crippen LogP) is 1.79. The lowest BCUT2D eigenvalue weighted by atomic mass is 9.90. The van der Waals surface area contributed by atoms with Crippen LogP contribution in [0.1, 0.15) is 34.7 Å². The highest BCUT2D eigenvalue weighted by Crippen LogP contribution is 2.30. The molecule has 1 fully saturated rings. The number of rotatable bonds is 2. The Labute approximate surface area is 95.4 Å². The molecule has 0 amide bonds. The Bertz CT molecular complexity index is 477. The molecule has 2 rings (SSSR count). The van der Waals surface area contributed by atoms with Gasteiger partial charge in [0.25, 0.3) is 0 Å². The molecule has 0 bridgehead atoms. The van der Waals surface area contributed by atoms with Crippen LogP contribution in [-0.2, 0) is 9.84 Å². The largest absolute Gasteiger partial charge is 0.298 e. The predicted molar refractivity (Wildman–Crippen MR) is 62.5 cm³/mol. The van der Waals surface area contributed by atoms with Gasteiger partial charge in [0.1, 0.15) is 16.1 Å². The van der Waals surface area contributed by atoms with E-state index in [0.717, 1.165) is 11.8 Å². The van der Waals surface area contributed by atoms with Gasteiger partial charge >= 0.3 is 0 Å². The first-order chi connectivity index (χ1) is 7.62. The fourth-order valence-electron chi connectivity index (χ4n) is 2.19. The minimum atomic E-state index is -2.83. The topological polar surface area (TPSA) is 51.2 Å². The van der Waals surface area contributed by atoms with Crippen LogP contribution in [0.4, 0.5) is 0 Å². The summed E-state index contributed by atoms with van der Waals surface area (Å²) in [7, 11) is -2.83. The summed E-state index contributed by atoms with van der Waals surface area (Å²) in [5.41, 5.74) is 1.68. The van der Waals surface area contributed by atoms with E-state index in [0.29, 0.717) is 18.4 Å². The molecule has 0 saturated carbocycles. The van der Waals surface area contributed by atoms with E-state index in [2.05, 4.69) is 0 Å². The van der Waals surface area contributed by atoms with Crippen LogP contribution in [0, 0.1) is 0 Å². The van der Waals surface area contributed by atoms with Gasteiger partial charge < -0.3 is 0 Å². The molecule has 0 unspecified atom stereocenters. The van der Waals surface area contributed by atoms with Crippen LogP contribution in [0.2, 0.25) is 0 Å². The van der Waals surface area contributed by atoms with Crippen LogP contribution >= 0.6 is 0 Å². The normalized spacial score (nSPS) is 20.5. The third kappa shape index (κ3) is 2.32. The molecule has 0 radical (unpaired) electrons. The van der Waals surface area contributed by atoms with Crippen molar-refractivity contribution in [3.8, 4) is 0 Å². The molecule has 86 valence electrons. The molecule has 1 aliphatic heterocycles. The third-order valence-corrected chi connectivity index (χ3v) is 4.83. The molecular weight excluding hydrogens is 224 g/mol. The highest BCUT2D eigenvalue weighted by molar-refractivity contribution is 7.91. The average Bonchev–Trinajstić information content (AvgIpc) is 2.29. The van der Waals surface area contributed by atoms with E-state index in [1.807, 2.05) is 18.2 Å². The van der Waals surface area contributed by atoms with Crippen molar-refractivity contribution in [1.82, 2.24) is 0 Å². The summed E-state index contributed by atoms with van der Waals surface area (Å²) in [6, 6.07) is 7.43. The second-order valence-electron chi connectivity index (χ2n) is 4.17. The van der Waals surface area contributed by atoms with Gasteiger partial charge in [-0.25, -0.2) is 8.42 Å². The first kappa shape index (κ1) is 11.3. The van der Waals surface area contributed by atoms with Gasteiger partial charge in [-0.3, -0.25) is 4.79 Å². The van der Waals surface area contributed by atoms with Crippen LogP contribution in [0.5, 0.6) is 0 Å². The zero-order chi connectivity index (χ0) is 11.6. The summed E-state index contributed by atoms with van der Waals surface area (Å²) < 4.78 is 22.6. The molecular formula is C12H14O3S. The van der Waals surface area contributed by atoms with E-state index in [4.69, 9.17) is 0 Å². The van der Waals surface area contributed by atoms with E-state index in [1.54, 1.807) is 6.07 Å². The lowest BCUT2D eigenvalue weighted by molar-refractivity contribution is 0.112. The summed E-state index contributed by atoms with van der Waals surface area (Å²) in [6.45, 7) is 0. The molecule has 3 nitrogen and oxygen atoms in total. The minimum Gasteiger partial charge on any atom is -0.298 e. The van der Waals surface area contributed by atoms with Crippen LogP contribution in [0.25, 0.3) is 0 Å². The average molecular weight is 238 g/mol. The second-order valence-corrected chi connectivity index (χ2v) is 6.48. The van der Waals surface area contributed by atoms with Gasteiger partial charge in [-0.05, 0) is 24.3 Å². The Morgan fingerprint density at radius 2 is 1.75 bits per heavy atom. The molecule has 16 heavy (non-hydrogen) atoms. The van der Waals surface area contributed by atoms with Gasteiger partial charge in [0, 0.05) is 5.56 Å². The van der Waals surface area contributed by atoms with E-state index in [-0.39, 0.29) is 17.4 Å². The summed E-state index contributed by atoms with van der Waals surface area (Å²) in [5.74, 6) is 0.695. The van der Waals surface area contributed by atoms with Crippen molar-refractivity contribution >= 4 is 16.1 Å². The Morgan fingerprint density at radius 3 is 2.38 bits per heavy atom. The fourth-order valence-corrected chi connectivity index (χ4v) is 3.68. The van der Waals surface area contributed by atoms with E-state index < -0.39 is 9.84 Å². The smallest absolute Gasteiger partial charge is 0.150 e. The molecule has 0 N–H and O–H groups in total. The molecule has 1 aromatic rings. The van der Waals surface area contributed by atoms with Crippen LogP contribution in [0.3, 0.4) is 0 Å². The van der Waals surface area contributed by atoms with Crippen molar-refractivity contribution in [2.75, 3.05) is 11.5 Å². The lowest BCUT2D eigenvalue weighted by Crippen LogP contribution is -2.22. The maximum atomic E-state index is 11.3. The summed E-state index contributed by atoms with van der Waals surface area (Å²) in [5, 5.41) is 0. The minimum absolute atomic E-state index is 0.213. The van der Waals surface area contributed by atoms with Crippen molar-refractivity contribution in [3.63, 3.8) is 0 Å². The summed E-state index contributed by atoms with van der Waals surface area (Å²) in [4.78, 5) is 10.9. The quantitative estimate of drug-likeness (QED) is 0.738. The SMILES string of the molecule is O=Cc1ccccc1C1CCS(=O)(=O)CC1. The van der Waals surface area contributed by atoms with Crippen molar-refractivity contribution in [2.24, 2.45) is 0 Å². The number of benzene rings is 1. The number of sulfone groups is 1. The number of carbonyl (C=O) groups excluding carboxylic acids is 1. The highest BCUT2D eigenvalue weighted by atomic mass is 32.2. The first-order valence-electron chi connectivity index (χ1n) is 5.37. The Morgan fingerprint density at radius 1 is 1.12 bits per heavy atom. The lowest BCUT2D eigenvalue weighted by Gasteiger charge is -2.23. The third-order valence-electron chi connectivity index (χ3n) is 3.12. The van der Waals surface area contributed by atoms with Crippen LogP contribution in [-0.4, -0.2) is 26.2 Å². The van der Waals surface area contributed by atoms with E-state index in [9.17, 15) is 13.2 Å². The van der Waals surface area contributed by atoms with Gasteiger partial charge in [0.05, 0.1) is 11.5 Å². The molecule has 1 aromatic carbocycles. The van der Waals surface area contributed by atoms with Crippen LogP contribution in [0.15, 0.2) is 24.3 Å². The number of hydrogen-bond acceptors (Lipinski definition) is 3. The molecule has 4 heteroatoms.